The van der Waals surface area contributed by atoms with Crippen LogP contribution in [-0.4, -0.2) is 12.6 Å². The number of rotatable bonds is 8. The molecule has 1 atom stereocenters. The highest BCUT2D eigenvalue weighted by Gasteiger charge is 2.29. The summed E-state index contributed by atoms with van der Waals surface area (Å²) in [5.74, 6) is 7.09. The first kappa shape index (κ1) is 12.6. The molecular weight excluding hydrogens is 182 g/mol. The molecule has 0 aromatic heterocycles. The van der Waals surface area contributed by atoms with Crippen LogP contribution < -0.4 is 5.32 Å². The minimum atomic E-state index is 0.805. The van der Waals surface area contributed by atoms with Gasteiger partial charge in [-0.3, -0.25) is 0 Å². The first-order chi connectivity index (χ1) is 7.38. The van der Waals surface area contributed by atoms with Crippen LogP contribution in [0.25, 0.3) is 0 Å². The molecule has 1 aliphatic carbocycles. The highest BCUT2D eigenvalue weighted by molar-refractivity contribution is 4.94. The molecule has 1 fully saturated rings. The van der Waals surface area contributed by atoms with E-state index in [1.54, 1.807) is 0 Å². The van der Waals surface area contributed by atoms with E-state index < -0.39 is 0 Å². The van der Waals surface area contributed by atoms with Crippen molar-refractivity contribution in [3.8, 4) is 11.8 Å². The topological polar surface area (TPSA) is 12.0 Å². The first-order valence-corrected chi connectivity index (χ1v) is 6.51. The molecule has 0 aromatic carbocycles. The number of unbranched alkanes of at least 4 members (excludes halogenated alkanes) is 2. The van der Waals surface area contributed by atoms with Crippen molar-refractivity contribution >= 4 is 0 Å². The van der Waals surface area contributed by atoms with E-state index >= 15 is 0 Å². The molecule has 1 N–H and O–H groups in total. The summed E-state index contributed by atoms with van der Waals surface area (Å²) in [4.78, 5) is 0. The normalized spacial score (nSPS) is 16.9. The Morgan fingerprint density at radius 1 is 1.33 bits per heavy atom. The van der Waals surface area contributed by atoms with Crippen LogP contribution in [0.1, 0.15) is 58.8 Å². The highest BCUT2D eigenvalue weighted by atomic mass is 14.9. The van der Waals surface area contributed by atoms with Crippen LogP contribution in [0.15, 0.2) is 0 Å². The van der Waals surface area contributed by atoms with Gasteiger partial charge in [0.25, 0.3) is 0 Å². The predicted octanol–water partition coefficient (Wildman–Crippen LogP) is 3.35. The lowest BCUT2D eigenvalue weighted by molar-refractivity contribution is 0.421. The number of nitrogens with one attached hydrogen (secondary N) is 1. The molecule has 0 bridgehead atoms. The van der Waals surface area contributed by atoms with E-state index in [4.69, 9.17) is 0 Å². The summed E-state index contributed by atoms with van der Waals surface area (Å²) in [6.07, 6.45) is 9.22. The van der Waals surface area contributed by atoms with Crippen LogP contribution in [0.5, 0.6) is 0 Å². The molecule has 0 aromatic rings. The van der Waals surface area contributed by atoms with E-state index in [-0.39, 0.29) is 0 Å². The lowest BCUT2D eigenvalue weighted by atomic mass is 10.0. The van der Waals surface area contributed by atoms with Crippen molar-refractivity contribution in [1.82, 2.24) is 5.32 Å². The van der Waals surface area contributed by atoms with Crippen LogP contribution in [0.2, 0.25) is 0 Å². The maximum Gasteiger partial charge on any atom is 0.00953 e. The van der Waals surface area contributed by atoms with Crippen molar-refractivity contribution in [3.05, 3.63) is 0 Å². The zero-order valence-electron chi connectivity index (χ0n) is 10.3. The molecule has 15 heavy (non-hydrogen) atoms. The molecule has 1 heteroatoms. The molecule has 1 nitrogen and oxygen atoms in total. The van der Waals surface area contributed by atoms with Crippen LogP contribution in [-0.2, 0) is 0 Å². The van der Waals surface area contributed by atoms with Crippen molar-refractivity contribution < 1.29 is 0 Å². The molecule has 86 valence electrons. The molecule has 1 unspecified atom stereocenters. The number of hydrogen-bond donors (Lipinski definition) is 1. The summed E-state index contributed by atoms with van der Waals surface area (Å²) >= 11 is 0. The van der Waals surface area contributed by atoms with Gasteiger partial charge >= 0.3 is 0 Å². The molecule has 0 amide bonds. The molecule has 0 heterocycles. The summed E-state index contributed by atoms with van der Waals surface area (Å²) < 4.78 is 0. The Hall–Kier alpha value is -0.480. The fourth-order valence-corrected chi connectivity index (χ4v) is 2.04. The van der Waals surface area contributed by atoms with Crippen LogP contribution in [0.4, 0.5) is 0 Å². The largest absolute Gasteiger partial charge is 0.314 e. The monoisotopic (exact) mass is 207 g/mol. The summed E-state index contributed by atoms with van der Waals surface area (Å²) in [5.41, 5.74) is 0. The van der Waals surface area contributed by atoms with Gasteiger partial charge in [0.15, 0.2) is 0 Å². The molecular formula is C14H25N. The molecule has 1 aliphatic rings. The van der Waals surface area contributed by atoms with E-state index in [2.05, 4.69) is 24.1 Å². The van der Waals surface area contributed by atoms with Gasteiger partial charge in [0, 0.05) is 12.5 Å². The second kappa shape index (κ2) is 7.77. The second-order valence-electron chi connectivity index (χ2n) is 4.57. The Bertz CT molecular complexity index is 207. The Morgan fingerprint density at radius 3 is 2.73 bits per heavy atom. The summed E-state index contributed by atoms with van der Waals surface area (Å²) in [6, 6.07) is 0.805. The summed E-state index contributed by atoms with van der Waals surface area (Å²) in [7, 11) is 0. The quantitative estimate of drug-likeness (QED) is 0.475. The van der Waals surface area contributed by atoms with Gasteiger partial charge in [-0.1, -0.05) is 13.3 Å². The third-order valence-corrected chi connectivity index (χ3v) is 3.09. The van der Waals surface area contributed by atoms with Gasteiger partial charge in [0.1, 0.15) is 0 Å². The summed E-state index contributed by atoms with van der Waals surface area (Å²) in [5, 5.41) is 3.69. The van der Waals surface area contributed by atoms with E-state index in [1.165, 1.54) is 45.1 Å². The van der Waals surface area contributed by atoms with Gasteiger partial charge in [0.05, 0.1) is 0 Å². The smallest absolute Gasteiger partial charge is 0.00953 e. The van der Waals surface area contributed by atoms with Crippen molar-refractivity contribution in [1.29, 1.82) is 0 Å². The molecule has 0 radical (unpaired) electrons. The zero-order chi connectivity index (χ0) is 10.9. The lowest BCUT2D eigenvalue weighted by Gasteiger charge is -2.17. The van der Waals surface area contributed by atoms with Crippen LogP contribution in [0, 0.1) is 17.8 Å². The van der Waals surface area contributed by atoms with Crippen molar-refractivity contribution in [2.45, 2.75) is 64.8 Å². The molecule has 0 saturated heterocycles. The molecule has 1 saturated carbocycles. The van der Waals surface area contributed by atoms with Gasteiger partial charge in [0.2, 0.25) is 0 Å². The van der Waals surface area contributed by atoms with Crippen molar-refractivity contribution in [2.75, 3.05) is 6.54 Å². The van der Waals surface area contributed by atoms with Gasteiger partial charge in [-0.15, -0.1) is 11.8 Å². The van der Waals surface area contributed by atoms with E-state index in [0.717, 1.165) is 18.4 Å². The first-order valence-electron chi connectivity index (χ1n) is 6.51. The van der Waals surface area contributed by atoms with Gasteiger partial charge in [-0.25, -0.2) is 0 Å². The predicted molar refractivity (Wildman–Crippen MR) is 66.7 cm³/mol. The van der Waals surface area contributed by atoms with Crippen molar-refractivity contribution in [3.63, 3.8) is 0 Å². The van der Waals surface area contributed by atoms with Gasteiger partial charge in [-0.2, -0.15) is 0 Å². The molecule has 1 rings (SSSR count). The summed E-state index contributed by atoms with van der Waals surface area (Å²) in [6.45, 7) is 5.36. The maximum atomic E-state index is 3.69. The third kappa shape index (κ3) is 5.85. The lowest BCUT2D eigenvalue weighted by Crippen LogP contribution is -2.31. The van der Waals surface area contributed by atoms with Crippen molar-refractivity contribution in [2.24, 2.45) is 5.92 Å². The van der Waals surface area contributed by atoms with Gasteiger partial charge < -0.3 is 5.32 Å². The minimum Gasteiger partial charge on any atom is -0.314 e. The Labute approximate surface area is 95.0 Å². The molecule has 0 aliphatic heterocycles. The number of hydrogen-bond acceptors (Lipinski definition) is 1. The molecule has 0 spiro atoms. The SMILES string of the molecule is CC#CCCCCC(NCCC)C1CC1. The average Bonchev–Trinajstić information content (AvgIpc) is 3.06. The maximum absolute atomic E-state index is 3.69. The average molecular weight is 207 g/mol. The fraction of sp³-hybridized carbons (Fsp3) is 0.857. The second-order valence-corrected chi connectivity index (χ2v) is 4.57. The third-order valence-electron chi connectivity index (χ3n) is 3.09. The van der Waals surface area contributed by atoms with E-state index in [9.17, 15) is 0 Å². The van der Waals surface area contributed by atoms with E-state index in [1.807, 2.05) is 6.92 Å². The van der Waals surface area contributed by atoms with Crippen LogP contribution >= 0.6 is 0 Å². The fourth-order valence-electron chi connectivity index (χ4n) is 2.04. The standard InChI is InChI=1S/C14H25N/c1-3-5-6-7-8-9-14(13-10-11-13)15-12-4-2/h13-15H,4,6-12H2,1-2H3. The Morgan fingerprint density at radius 2 is 2.13 bits per heavy atom. The highest BCUT2D eigenvalue weighted by Crippen LogP contribution is 2.34. The van der Waals surface area contributed by atoms with Crippen LogP contribution in [0.3, 0.4) is 0 Å². The minimum absolute atomic E-state index is 0.805. The zero-order valence-corrected chi connectivity index (χ0v) is 10.3. The Balaban J connectivity index is 2.05. The van der Waals surface area contributed by atoms with Gasteiger partial charge in [-0.05, 0) is 51.5 Å². The Kier molecular flexibility index (Phi) is 6.52. The van der Waals surface area contributed by atoms with E-state index in [0.29, 0.717) is 0 Å².